The normalized spacial score (nSPS) is 15.6. The molecule has 4 aliphatic heterocycles. The van der Waals surface area contributed by atoms with Gasteiger partial charge in [0.15, 0.2) is 0 Å². The lowest BCUT2D eigenvalue weighted by Crippen LogP contribution is -2.55. The first-order valence-electron chi connectivity index (χ1n) is 32.4. The van der Waals surface area contributed by atoms with Crippen LogP contribution in [-0.2, 0) is 34.4 Å². The number of hydrogen-bond donors (Lipinski definition) is 2. The Morgan fingerprint density at radius 2 is 0.555 bits per heavy atom. The van der Waals surface area contributed by atoms with Crippen molar-refractivity contribution in [1.82, 2.24) is 9.80 Å². The molecule has 4 aliphatic rings. The highest BCUT2D eigenvalue weighted by molar-refractivity contribution is 6.36. The van der Waals surface area contributed by atoms with Crippen molar-refractivity contribution >= 4 is 58.6 Å². The Balaban J connectivity index is 0.000000238. The van der Waals surface area contributed by atoms with Crippen molar-refractivity contribution in [2.75, 3.05) is 23.9 Å². The molecule has 0 saturated heterocycles. The van der Waals surface area contributed by atoms with Gasteiger partial charge in [0.25, 0.3) is 58.5 Å². The highest BCUT2D eigenvalue weighted by atomic mass is 19.5. The van der Waals surface area contributed by atoms with Crippen LogP contribution in [0.2, 0.25) is 0 Å². The third-order valence-corrected chi connectivity index (χ3v) is 19.8. The van der Waals surface area contributed by atoms with Crippen LogP contribution in [0, 0.1) is 13.8 Å². The number of hydrogen-bond acceptors (Lipinski definition) is 11. The Bertz CT molecular complexity index is 5610. The fourth-order valence-electron chi connectivity index (χ4n) is 14.0. The van der Waals surface area contributed by atoms with Gasteiger partial charge in [-0.15, -0.1) is 0 Å². The number of imide groups is 4. The number of anilines is 2. The second-order valence-electron chi connectivity index (χ2n) is 26.7. The van der Waals surface area contributed by atoms with E-state index in [-0.39, 0.29) is 83.3 Å². The van der Waals surface area contributed by atoms with Crippen molar-refractivity contribution in [2.45, 2.75) is 97.6 Å². The fraction of sp³-hybridized carbons (Fsp3) is 0.243. The van der Waals surface area contributed by atoms with E-state index in [0.29, 0.717) is 71.3 Å². The Morgan fingerprint density at radius 3 is 0.916 bits per heavy atom. The standard InChI is InChI=1S/C39H20F18N2O7.C35H18F12N2O4/c1-15-3-6-18(13-24(15)32(64,36(46,47)48)37(49,50)51)66-19-7-10-26(25(14-19)33(65,38(52,53)54)39(55,56)57)59-29(62)21-9-5-17(12-23(21)30(59)63)31(34(40,41)42,35(43,44)45)16-4-8-20-22(11-16)28(61)58(2)27(20)60;1-15-3-7-19(25(11-15)32(36,37)38)20-10-6-18(14-26(20)33(39,40)41)49-29(52)22-9-5-17(13-24(22)30(49)53)31(34(42,43)44,35(45,46)47)16-4-8-21-23(12-16)28(51)48(2)27(21)50/h3-14,64-65H,1-2H3;3-14H,1-2H3. The minimum Gasteiger partial charge on any atom is -0.457 e. The zero-order valence-electron chi connectivity index (χ0n) is 58.6. The first-order chi connectivity index (χ1) is 54.1. The summed E-state index contributed by atoms with van der Waals surface area (Å²) < 4.78 is 439. The zero-order valence-corrected chi connectivity index (χ0v) is 58.6. The highest BCUT2D eigenvalue weighted by Crippen LogP contribution is 2.61. The molecular weight excluding hydrogens is 1690 g/mol. The van der Waals surface area contributed by atoms with Gasteiger partial charge in [0, 0.05) is 25.2 Å². The number of aliphatic hydroxyl groups is 2. The molecule has 119 heavy (non-hydrogen) atoms. The summed E-state index contributed by atoms with van der Waals surface area (Å²) in [6.07, 6.45) is -63.0. The van der Waals surface area contributed by atoms with Crippen molar-refractivity contribution in [3.8, 4) is 22.6 Å². The summed E-state index contributed by atoms with van der Waals surface area (Å²) in [6.45, 7) is 1.89. The molecule has 0 radical (unpaired) electrons. The van der Waals surface area contributed by atoms with E-state index in [1.807, 2.05) is 0 Å². The quantitative estimate of drug-likeness (QED) is 0.0922. The second kappa shape index (κ2) is 27.8. The van der Waals surface area contributed by atoms with Gasteiger partial charge >= 0.3 is 61.8 Å². The molecule has 12 rings (SSSR count). The van der Waals surface area contributed by atoms with Crippen LogP contribution >= 0.6 is 0 Å². The Hall–Kier alpha value is -12.1. The first kappa shape index (κ1) is 87.8. The maximum absolute atomic E-state index is 15.1. The smallest absolute Gasteiger partial charge is 0.430 e. The van der Waals surface area contributed by atoms with Gasteiger partial charge in [0.1, 0.15) is 11.5 Å². The molecule has 0 unspecified atom stereocenters. The Labute approximate surface area is 641 Å². The van der Waals surface area contributed by atoms with Crippen molar-refractivity contribution in [3.63, 3.8) is 0 Å². The molecule has 630 valence electrons. The lowest BCUT2D eigenvalue weighted by Gasteiger charge is -2.38. The summed E-state index contributed by atoms with van der Waals surface area (Å²) in [4.78, 5) is 104. The van der Waals surface area contributed by atoms with Gasteiger partial charge in [0.05, 0.1) is 67.0 Å². The van der Waals surface area contributed by atoms with Gasteiger partial charge < -0.3 is 14.9 Å². The molecule has 0 aromatic heterocycles. The highest BCUT2D eigenvalue weighted by Gasteiger charge is 2.77. The molecule has 15 nitrogen and oxygen atoms in total. The van der Waals surface area contributed by atoms with E-state index in [9.17, 15) is 154 Å². The molecule has 0 saturated carbocycles. The van der Waals surface area contributed by atoms with E-state index in [1.54, 1.807) is 0 Å². The summed E-state index contributed by atoms with van der Waals surface area (Å²) in [7, 11) is 1.80. The number of alkyl halides is 30. The van der Waals surface area contributed by atoms with Crippen LogP contribution in [-0.4, -0.2) is 131 Å². The van der Waals surface area contributed by atoms with Gasteiger partial charge in [-0.25, -0.2) is 9.80 Å². The number of aryl methyl sites for hydroxylation is 2. The minimum atomic E-state index is -6.94. The summed E-state index contributed by atoms with van der Waals surface area (Å²) in [6, 6.07) is 6.89. The number of carbonyl (C=O) groups is 8. The van der Waals surface area contributed by atoms with Gasteiger partial charge in [-0.05, 0) is 150 Å². The van der Waals surface area contributed by atoms with Crippen LogP contribution < -0.4 is 14.5 Å². The maximum Gasteiger partial charge on any atom is 0.430 e. The van der Waals surface area contributed by atoms with Crippen LogP contribution in [0.5, 0.6) is 11.5 Å². The fourth-order valence-corrected chi connectivity index (χ4v) is 14.0. The van der Waals surface area contributed by atoms with E-state index in [2.05, 4.69) is 0 Å². The van der Waals surface area contributed by atoms with Crippen molar-refractivity contribution < 1.29 is 185 Å². The van der Waals surface area contributed by atoms with E-state index >= 15 is 26.3 Å². The average Bonchev–Trinajstić information content (AvgIpc) is 1.69. The topological polar surface area (TPSA) is 199 Å². The lowest BCUT2D eigenvalue weighted by molar-refractivity contribution is -0.376. The largest absolute Gasteiger partial charge is 0.457 e. The summed E-state index contributed by atoms with van der Waals surface area (Å²) in [5, 5.41) is 20.4. The lowest BCUT2D eigenvalue weighted by atomic mass is 9.71. The molecule has 0 aliphatic carbocycles. The predicted molar refractivity (Wildman–Crippen MR) is 343 cm³/mol. The summed E-state index contributed by atoms with van der Waals surface area (Å²) in [5.41, 5.74) is -50.1. The molecule has 8 amide bonds. The van der Waals surface area contributed by atoms with Gasteiger partial charge in [-0.2, -0.15) is 132 Å². The van der Waals surface area contributed by atoms with E-state index in [4.69, 9.17) is 4.74 Å². The molecule has 0 bridgehead atoms. The van der Waals surface area contributed by atoms with Crippen LogP contribution in [0.25, 0.3) is 11.1 Å². The number of amides is 8. The van der Waals surface area contributed by atoms with Crippen LogP contribution in [0.3, 0.4) is 0 Å². The third kappa shape index (κ3) is 13.4. The SMILES string of the molecule is Cc1ccc(-c2ccc(N3C(=O)c4ccc(C(c5ccc6c(c5)C(=O)N(C)C6=O)(C(F)(F)F)C(F)(F)F)cc4C3=O)cc2C(F)(F)F)c(C(F)(F)F)c1.Cc1ccc(Oc2ccc(N3C(=O)c4ccc(C(c5ccc6c(c5)C(=O)N(C)C6=O)(C(F)(F)F)C(F)(F)F)cc4C3=O)c(C(O)(C(F)(F)F)C(F)(F)F)c2)cc1C(O)(C(F)(F)F)C(F)(F)F. The van der Waals surface area contributed by atoms with E-state index in [0.717, 1.165) is 26.2 Å². The van der Waals surface area contributed by atoms with Crippen molar-refractivity contribution in [3.05, 3.63) is 246 Å². The Kier molecular flexibility index (Phi) is 20.5. The summed E-state index contributed by atoms with van der Waals surface area (Å²) in [5.74, 6) is -14.7. The molecule has 0 atom stereocenters. The molecule has 0 fully saturated rings. The summed E-state index contributed by atoms with van der Waals surface area (Å²) >= 11 is 0. The van der Waals surface area contributed by atoms with Crippen LogP contribution in [0.4, 0.5) is 143 Å². The minimum absolute atomic E-state index is 0.0328. The maximum atomic E-state index is 15.1. The predicted octanol–water partition coefficient (Wildman–Crippen LogP) is 19.0. The number of halogens is 30. The monoisotopic (exact) mass is 1730 g/mol. The molecule has 8 aromatic carbocycles. The third-order valence-electron chi connectivity index (χ3n) is 19.8. The average molecular weight is 1730 g/mol. The van der Waals surface area contributed by atoms with Gasteiger partial charge in [-0.1, -0.05) is 54.1 Å². The Morgan fingerprint density at radius 1 is 0.269 bits per heavy atom. The van der Waals surface area contributed by atoms with Crippen molar-refractivity contribution in [2.24, 2.45) is 0 Å². The molecule has 4 heterocycles. The molecule has 8 aromatic rings. The van der Waals surface area contributed by atoms with Gasteiger partial charge in [-0.3, -0.25) is 48.2 Å². The zero-order chi connectivity index (χ0) is 89.5. The number of rotatable bonds is 11. The number of fused-ring (bicyclic) bond motifs is 4. The van der Waals surface area contributed by atoms with Gasteiger partial charge in [0.2, 0.25) is 10.8 Å². The van der Waals surface area contributed by atoms with Crippen molar-refractivity contribution in [1.29, 1.82) is 0 Å². The molecule has 0 spiro atoms. The first-order valence-corrected chi connectivity index (χ1v) is 32.4. The number of nitrogens with zero attached hydrogens (tertiary/aromatic N) is 4. The van der Waals surface area contributed by atoms with Crippen LogP contribution in [0.1, 0.15) is 138 Å². The number of ether oxygens (including phenoxy) is 1. The molecule has 45 heteroatoms. The van der Waals surface area contributed by atoms with Crippen LogP contribution in [0.15, 0.2) is 146 Å². The molecule has 2 N–H and O–H groups in total. The number of benzene rings is 8. The van der Waals surface area contributed by atoms with E-state index in [1.165, 1.54) is 6.92 Å². The number of carbonyl (C=O) groups excluding carboxylic acids is 8. The molecular formula is C74H38F30N4O11. The van der Waals surface area contributed by atoms with E-state index < -0.39 is 271 Å². The second-order valence-corrected chi connectivity index (χ2v) is 26.7.